The summed E-state index contributed by atoms with van der Waals surface area (Å²) in [6.45, 7) is 0.634. The van der Waals surface area contributed by atoms with Gasteiger partial charge in [0.1, 0.15) is 6.26 Å². The third kappa shape index (κ3) is 3.13. The Bertz CT molecular complexity index is 370. The number of aryl methyl sites for hydroxylation is 1. The Balaban J connectivity index is 1.68. The lowest BCUT2D eigenvalue weighted by Gasteiger charge is -2.01. The van der Waals surface area contributed by atoms with Crippen molar-refractivity contribution in [3.8, 4) is 6.08 Å². The summed E-state index contributed by atoms with van der Waals surface area (Å²) >= 11 is 0. The van der Waals surface area contributed by atoms with Gasteiger partial charge in [0.15, 0.2) is 0 Å². The minimum atomic E-state index is 0.350. The number of nitrogens with zero attached hydrogens (tertiary/aromatic N) is 1. The monoisotopic (exact) mass is 203 g/mol. The van der Waals surface area contributed by atoms with E-state index in [1.54, 1.807) is 6.20 Å². The number of hydrogen-bond acceptors (Lipinski definition) is 3. The zero-order chi connectivity index (χ0) is 10.3. The molecule has 1 heterocycles. The van der Waals surface area contributed by atoms with Gasteiger partial charge in [-0.05, 0) is 18.4 Å². The van der Waals surface area contributed by atoms with Gasteiger partial charge in [-0.3, -0.25) is 0 Å². The van der Waals surface area contributed by atoms with Crippen molar-refractivity contribution in [2.45, 2.75) is 12.8 Å². The molecule has 0 fully saturated rings. The van der Waals surface area contributed by atoms with E-state index in [0.29, 0.717) is 12.7 Å². The summed E-state index contributed by atoms with van der Waals surface area (Å²) in [5, 5.41) is 0. The topological polar surface area (TPSA) is 35.3 Å². The van der Waals surface area contributed by atoms with Gasteiger partial charge in [0.2, 0.25) is 0 Å². The molecular formula is C12H13NO2. The van der Waals surface area contributed by atoms with E-state index in [4.69, 9.17) is 9.15 Å². The molecule has 0 saturated carbocycles. The maximum absolute atomic E-state index is 5.29. The van der Waals surface area contributed by atoms with Crippen LogP contribution >= 0.6 is 0 Å². The van der Waals surface area contributed by atoms with Crippen molar-refractivity contribution in [3.63, 3.8) is 0 Å². The van der Waals surface area contributed by atoms with Gasteiger partial charge >= 0.3 is 6.08 Å². The van der Waals surface area contributed by atoms with Crippen LogP contribution in [0.2, 0.25) is 0 Å². The highest BCUT2D eigenvalue weighted by Crippen LogP contribution is 2.06. The van der Waals surface area contributed by atoms with E-state index in [-0.39, 0.29) is 0 Å². The fraction of sp³-hybridized carbons (Fsp3) is 0.250. The lowest BCUT2D eigenvalue weighted by atomic mass is 10.1. The number of benzene rings is 1. The Morgan fingerprint density at radius 2 is 2.07 bits per heavy atom. The summed E-state index contributed by atoms with van der Waals surface area (Å²) in [6, 6.07) is 10.3. The van der Waals surface area contributed by atoms with Crippen LogP contribution in [0.4, 0.5) is 0 Å². The second kappa shape index (κ2) is 5.20. The maximum atomic E-state index is 5.29. The van der Waals surface area contributed by atoms with Crippen molar-refractivity contribution in [3.05, 3.63) is 48.4 Å². The van der Waals surface area contributed by atoms with Crippen molar-refractivity contribution in [2.24, 2.45) is 0 Å². The van der Waals surface area contributed by atoms with E-state index >= 15 is 0 Å². The van der Waals surface area contributed by atoms with Crippen LogP contribution < -0.4 is 4.74 Å². The first-order valence-corrected chi connectivity index (χ1v) is 5.01. The van der Waals surface area contributed by atoms with Crippen LogP contribution in [-0.4, -0.2) is 11.6 Å². The molecule has 3 heteroatoms. The normalized spacial score (nSPS) is 10.1. The van der Waals surface area contributed by atoms with Crippen LogP contribution in [-0.2, 0) is 6.42 Å². The Morgan fingerprint density at radius 1 is 1.20 bits per heavy atom. The van der Waals surface area contributed by atoms with Gasteiger partial charge in [-0.15, -0.1) is 0 Å². The summed E-state index contributed by atoms with van der Waals surface area (Å²) in [6.07, 6.45) is 5.41. The standard InChI is InChI=1S/C12H13NO2/c1-2-5-11(6-3-1)7-4-9-14-12-13-8-10-15-12/h1-3,5-6,8,10H,4,7,9H2. The summed E-state index contributed by atoms with van der Waals surface area (Å²) < 4.78 is 10.2. The Morgan fingerprint density at radius 3 is 2.80 bits per heavy atom. The molecule has 0 spiro atoms. The lowest BCUT2D eigenvalue weighted by molar-refractivity contribution is 0.227. The molecule has 0 aliphatic heterocycles. The molecule has 1 aromatic heterocycles. The molecule has 1 aromatic carbocycles. The zero-order valence-corrected chi connectivity index (χ0v) is 8.43. The van der Waals surface area contributed by atoms with E-state index in [0.717, 1.165) is 12.8 Å². The number of aromatic nitrogens is 1. The first-order chi connectivity index (χ1) is 7.45. The van der Waals surface area contributed by atoms with E-state index in [2.05, 4.69) is 17.1 Å². The zero-order valence-electron chi connectivity index (χ0n) is 8.43. The molecule has 3 nitrogen and oxygen atoms in total. The molecule has 2 rings (SSSR count). The molecule has 15 heavy (non-hydrogen) atoms. The first-order valence-electron chi connectivity index (χ1n) is 5.01. The van der Waals surface area contributed by atoms with Gasteiger partial charge < -0.3 is 9.15 Å². The van der Waals surface area contributed by atoms with Crippen molar-refractivity contribution >= 4 is 0 Å². The Hall–Kier alpha value is -1.77. The van der Waals surface area contributed by atoms with Crippen LogP contribution in [0.1, 0.15) is 12.0 Å². The average molecular weight is 203 g/mol. The largest absolute Gasteiger partial charge is 0.450 e. The van der Waals surface area contributed by atoms with Gasteiger partial charge in [0, 0.05) is 0 Å². The van der Waals surface area contributed by atoms with E-state index in [1.165, 1.54) is 11.8 Å². The van der Waals surface area contributed by atoms with E-state index < -0.39 is 0 Å². The third-order valence-corrected chi connectivity index (χ3v) is 2.09. The number of hydrogen-bond donors (Lipinski definition) is 0. The molecule has 2 aromatic rings. The highest BCUT2D eigenvalue weighted by Gasteiger charge is 1.97. The predicted octanol–water partition coefficient (Wildman–Crippen LogP) is 2.69. The average Bonchev–Trinajstić information content (AvgIpc) is 2.79. The minimum absolute atomic E-state index is 0.350. The highest BCUT2D eigenvalue weighted by atomic mass is 16.6. The summed E-state index contributed by atoms with van der Waals surface area (Å²) in [4.78, 5) is 3.87. The minimum Gasteiger partial charge on any atom is -0.450 e. The lowest BCUT2D eigenvalue weighted by Crippen LogP contribution is -1.99. The van der Waals surface area contributed by atoms with Crippen molar-refractivity contribution in [1.29, 1.82) is 0 Å². The molecule has 0 aliphatic rings. The number of ether oxygens (including phenoxy) is 1. The molecule has 0 bridgehead atoms. The Labute approximate surface area is 88.7 Å². The van der Waals surface area contributed by atoms with Crippen molar-refractivity contribution in [1.82, 2.24) is 4.98 Å². The molecule has 78 valence electrons. The second-order valence-corrected chi connectivity index (χ2v) is 3.24. The summed E-state index contributed by atoms with van der Waals surface area (Å²) in [7, 11) is 0. The molecule has 0 N–H and O–H groups in total. The Kier molecular flexibility index (Phi) is 3.38. The van der Waals surface area contributed by atoms with E-state index in [9.17, 15) is 0 Å². The van der Waals surface area contributed by atoms with Crippen LogP contribution in [0.5, 0.6) is 6.08 Å². The number of rotatable bonds is 5. The molecular weight excluding hydrogens is 190 g/mol. The summed E-state index contributed by atoms with van der Waals surface area (Å²) in [5.41, 5.74) is 1.33. The predicted molar refractivity (Wildman–Crippen MR) is 56.8 cm³/mol. The fourth-order valence-electron chi connectivity index (χ4n) is 1.36. The van der Waals surface area contributed by atoms with Crippen LogP contribution in [0.15, 0.2) is 47.2 Å². The van der Waals surface area contributed by atoms with Gasteiger partial charge in [0.25, 0.3) is 0 Å². The van der Waals surface area contributed by atoms with E-state index in [1.807, 2.05) is 18.2 Å². The second-order valence-electron chi connectivity index (χ2n) is 3.24. The molecule has 0 atom stereocenters. The molecule has 0 radical (unpaired) electrons. The van der Waals surface area contributed by atoms with Gasteiger partial charge in [0.05, 0.1) is 12.8 Å². The van der Waals surface area contributed by atoms with Crippen LogP contribution in [0.25, 0.3) is 0 Å². The summed E-state index contributed by atoms with van der Waals surface area (Å²) in [5.74, 6) is 0. The fourth-order valence-corrected chi connectivity index (χ4v) is 1.36. The molecule has 0 aliphatic carbocycles. The number of oxazole rings is 1. The van der Waals surface area contributed by atoms with Crippen molar-refractivity contribution in [2.75, 3.05) is 6.61 Å². The quantitative estimate of drug-likeness (QED) is 0.701. The maximum Gasteiger partial charge on any atom is 0.393 e. The molecule has 0 amide bonds. The molecule has 0 saturated heterocycles. The van der Waals surface area contributed by atoms with Gasteiger partial charge in [-0.25, -0.2) is 0 Å². The highest BCUT2D eigenvalue weighted by molar-refractivity contribution is 5.14. The van der Waals surface area contributed by atoms with Gasteiger partial charge in [-0.2, -0.15) is 4.98 Å². The third-order valence-electron chi connectivity index (χ3n) is 2.09. The first kappa shape index (κ1) is 9.77. The van der Waals surface area contributed by atoms with Crippen LogP contribution in [0, 0.1) is 0 Å². The van der Waals surface area contributed by atoms with Crippen LogP contribution in [0.3, 0.4) is 0 Å². The smallest absolute Gasteiger partial charge is 0.393 e. The van der Waals surface area contributed by atoms with Gasteiger partial charge in [-0.1, -0.05) is 30.3 Å². The SMILES string of the molecule is c1ccc(CCCOc2ncco2)cc1. The van der Waals surface area contributed by atoms with Crippen molar-refractivity contribution < 1.29 is 9.15 Å². The molecule has 0 unspecified atom stereocenters.